The van der Waals surface area contributed by atoms with Gasteiger partial charge in [-0.1, -0.05) is 45.6 Å². The Balaban J connectivity index is 1.09. The minimum atomic E-state index is -0.758. The largest absolute Gasteiger partial charge is 0.511 e. The van der Waals surface area contributed by atoms with Gasteiger partial charge in [0.2, 0.25) is 5.91 Å². The Morgan fingerprint density at radius 2 is 1.95 bits per heavy atom. The van der Waals surface area contributed by atoms with Crippen molar-refractivity contribution >= 4 is 35.2 Å². The maximum absolute atomic E-state index is 12.9. The molecule has 8 unspecified atom stereocenters. The van der Waals surface area contributed by atoms with Crippen molar-refractivity contribution in [3.05, 3.63) is 33.5 Å². The number of nitrogens with one attached hydrogen (secondary N) is 1. The molecule has 0 radical (unpaired) electrons. The summed E-state index contributed by atoms with van der Waals surface area (Å²) >= 11 is 3.36. The number of unbranched alkanes of at least 4 members (excludes halogenated alkanes) is 2. The number of aliphatic hydroxyl groups is 2. The fourth-order valence-electron chi connectivity index (χ4n) is 7.21. The predicted octanol–water partition coefficient (Wildman–Crippen LogP) is 6.83. The Kier molecular flexibility index (Phi) is 13.4. The molecule has 2 heterocycles. The van der Waals surface area contributed by atoms with Crippen LogP contribution in [-0.4, -0.2) is 52.8 Å². The molecule has 4 aliphatic rings. The van der Waals surface area contributed by atoms with Crippen LogP contribution in [0.15, 0.2) is 33.5 Å². The maximum Gasteiger partial charge on any atom is 0.220 e. The van der Waals surface area contributed by atoms with Crippen molar-refractivity contribution in [1.82, 2.24) is 5.32 Å². The van der Waals surface area contributed by atoms with Crippen LogP contribution < -0.4 is 11.1 Å². The highest BCUT2D eigenvalue weighted by Gasteiger charge is 2.36. The van der Waals surface area contributed by atoms with Crippen LogP contribution in [0, 0.1) is 35.5 Å². The summed E-state index contributed by atoms with van der Waals surface area (Å²) in [6.45, 7) is 5.26. The third kappa shape index (κ3) is 9.54. The molecule has 0 bridgehead atoms. The number of aliphatic hydroxyl groups excluding tert-OH is 2. The van der Waals surface area contributed by atoms with Gasteiger partial charge in [-0.05, 0) is 74.7 Å². The zero-order chi connectivity index (χ0) is 30.9. The fourth-order valence-corrected chi connectivity index (χ4v) is 9.95. The number of Topliss-reactive ketones (excluding diaryl/α,β-unsaturated/α-hetero) is 1. The van der Waals surface area contributed by atoms with Gasteiger partial charge in [0.25, 0.3) is 0 Å². The van der Waals surface area contributed by atoms with E-state index in [1.165, 1.54) is 16.7 Å². The van der Waals surface area contributed by atoms with Crippen LogP contribution in [0.4, 0.5) is 0 Å². The van der Waals surface area contributed by atoms with Crippen molar-refractivity contribution in [3.8, 4) is 0 Å². The van der Waals surface area contributed by atoms with E-state index in [-0.39, 0.29) is 28.8 Å². The standard InChI is InChI=1S/C34H54N2O5S2/c1-21(22(2)27-20-42-32(31(27)38)24-12-14-26(41-3)15-13-24)8-5-4-6-11-28(37)29-16-17-30(43-29)34(40)36-19-23-9-7-10-25(18-23)33(35)39/h14,17,21-25,27,29,34,36,38,40H,4-13,15-16,18-20H2,1-3H3,(H2,35,39). The SMILES string of the molecule is COC1=CCC(C2=C(O)C(C(C)C(C)CCCCCC(=O)C3CC=C(C(O)NCC4CCCC(C(N)=O)C4)S3)CS2)CC1. The molecule has 1 saturated carbocycles. The number of hydrogen-bond donors (Lipinski definition) is 4. The minimum absolute atomic E-state index is 0.0497. The molecule has 9 heteroatoms. The van der Waals surface area contributed by atoms with Crippen molar-refractivity contribution in [2.45, 2.75) is 109 Å². The lowest BCUT2D eigenvalue weighted by Gasteiger charge is -2.28. The zero-order valence-corrected chi connectivity index (χ0v) is 28.0. The van der Waals surface area contributed by atoms with Crippen LogP contribution in [0.3, 0.4) is 0 Å². The van der Waals surface area contributed by atoms with Gasteiger partial charge in [-0.15, -0.1) is 23.5 Å². The normalized spacial score (nSPS) is 30.0. The Bertz CT molecular complexity index is 1060. The first-order valence-electron chi connectivity index (χ1n) is 16.6. The Labute approximate surface area is 267 Å². The summed E-state index contributed by atoms with van der Waals surface area (Å²) in [7, 11) is 1.74. The number of ether oxygens (including phenoxy) is 1. The quantitative estimate of drug-likeness (QED) is 0.108. The number of carbonyl (C=O) groups is 2. The first kappa shape index (κ1) is 34.5. The van der Waals surface area contributed by atoms with Crippen LogP contribution in [0.2, 0.25) is 0 Å². The van der Waals surface area contributed by atoms with E-state index in [1.807, 2.05) is 17.8 Å². The van der Waals surface area contributed by atoms with Gasteiger partial charge in [-0.3, -0.25) is 14.9 Å². The topological polar surface area (TPSA) is 122 Å². The Morgan fingerprint density at radius 1 is 1.14 bits per heavy atom. The summed E-state index contributed by atoms with van der Waals surface area (Å²) < 4.78 is 5.39. The molecule has 0 saturated heterocycles. The van der Waals surface area contributed by atoms with Crippen LogP contribution in [0.5, 0.6) is 0 Å². The maximum atomic E-state index is 12.9. The van der Waals surface area contributed by atoms with Gasteiger partial charge in [0.1, 0.15) is 17.8 Å². The fraction of sp³-hybridized carbons (Fsp3) is 0.765. The molecule has 43 heavy (non-hydrogen) atoms. The first-order chi connectivity index (χ1) is 20.7. The van der Waals surface area contributed by atoms with Gasteiger partial charge in [0, 0.05) is 46.8 Å². The summed E-state index contributed by atoms with van der Waals surface area (Å²) in [6, 6.07) is 0. The monoisotopic (exact) mass is 634 g/mol. The molecular formula is C34H54N2O5S2. The van der Waals surface area contributed by atoms with Crippen molar-refractivity contribution in [2.24, 2.45) is 41.2 Å². The number of ketones is 1. The van der Waals surface area contributed by atoms with Gasteiger partial charge in [0.05, 0.1) is 18.1 Å². The molecule has 242 valence electrons. The molecule has 4 rings (SSSR count). The number of amides is 1. The van der Waals surface area contributed by atoms with E-state index in [1.54, 1.807) is 7.11 Å². The second-order valence-electron chi connectivity index (χ2n) is 13.3. The third-order valence-electron chi connectivity index (χ3n) is 10.4. The summed E-state index contributed by atoms with van der Waals surface area (Å²) in [5.74, 6) is 4.68. The summed E-state index contributed by atoms with van der Waals surface area (Å²) in [5.41, 5.74) is 5.50. The second kappa shape index (κ2) is 16.8. The van der Waals surface area contributed by atoms with E-state index >= 15 is 0 Å². The number of nitrogens with two attached hydrogens (primary N) is 1. The number of hydrogen-bond acceptors (Lipinski definition) is 8. The van der Waals surface area contributed by atoms with Gasteiger partial charge in [-0.25, -0.2) is 0 Å². The number of allylic oxidation sites excluding steroid dienone is 5. The molecule has 0 spiro atoms. The number of primary amides is 1. The van der Waals surface area contributed by atoms with Crippen molar-refractivity contribution in [1.29, 1.82) is 0 Å². The smallest absolute Gasteiger partial charge is 0.220 e. The minimum Gasteiger partial charge on any atom is -0.511 e. The van der Waals surface area contributed by atoms with Crippen molar-refractivity contribution in [3.63, 3.8) is 0 Å². The van der Waals surface area contributed by atoms with E-state index in [2.05, 4.69) is 25.2 Å². The molecule has 1 fully saturated rings. The highest BCUT2D eigenvalue weighted by atomic mass is 32.2. The molecule has 5 N–H and O–H groups in total. The highest BCUT2D eigenvalue weighted by molar-refractivity contribution is 8.04. The van der Waals surface area contributed by atoms with E-state index in [0.29, 0.717) is 48.8 Å². The van der Waals surface area contributed by atoms with Crippen LogP contribution in [-0.2, 0) is 14.3 Å². The number of carbonyl (C=O) groups excluding carboxylic acids is 2. The van der Waals surface area contributed by atoms with Gasteiger partial charge in [0.15, 0.2) is 0 Å². The number of methoxy groups -OCH3 is 1. The average molecular weight is 635 g/mol. The highest BCUT2D eigenvalue weighted by Crippen LogP contribution is 2.47. The Morgan fingerprint density at radius 3 is 2.67 bits per heavy atom. The molecule has 2 aliphatic heterocycles. The average Bonchev–Trinajstić information content (AvgIpc) is 3.67. The summed E-state index contributed by atoms with van der Waals surface area (Å²) in [5, 5.41) is 24.9. The van der Waals surface area contributed by atoms with Crippen LogP contribution in [0.1, 0.15) is 97.3 Å². The molecule has 2 aliphatic carbocycles. The molecule has 0 aromatic carbocycles. The summed E-state index contributed by atoms with van der Waals surface area (Å²) in [4.78, 5) is 26.5. The molecule has 0 aromatic rings. The van der Waals surface area contributed by atoms with Gasteiger partial charge in [-0.2, -0.15) is 0 Å². The van der Waals surface area contributed by atoms with Crippen molar-refractivity contribution in [2.75, 3.05) is 19.4 Å². The van der Waals surface area contributed by atoms with Crippen LogP contribution >= 0.6 is 23.5 Å². The first-order valence-corrected chi connectivity index (χ1v) is 18.4. The molecule has 1 amide bonds. The molecule has 0 aromatic heterocycles. The lowest BCUT2D eigenvalue weighted by atomic mass is 9.80. The molecule has 7 nitrogen and oxygen atoms in total. The van der Waals surface area contributed by atoms with E-state index < -0.39 is 6.23 Å². The molecule has 8 atom stereocenters. The van der Waals surface area contributed by atoms with Gasteiger partial charge < -0.3 is 20.7 Å². The van der Waals surface area contributed by atoms with Crippen molar-refractivity contribution < 1.29 is 24.5 Å². The number of thioether (sulfide) groups is 2. The Hall–Kier alpha value is -1.42. The van der Waals surface area contributed by atoms with E-state index in [9.17, 15) is 19.8 Å². The van der Waals surface area contributed by atoms with E-state index in [0.717, 1.165) is 87.0 Å². The number of rotatable bonds is 16. The lowest BCUT2D eigenvalue weighted by molar-refractivity contribution is -0.123. The van der Waals surface area contributed by atoms with Gasteiger partial charge >= 0.3 is 0 Å². The zero-order valence-electron chi connectivity index (χ0n) is 26.4. The van der Waals surface area contributed by atoms with E-state index in [4.69, 9.17) is 10.5 Å². The second-order valence-corrected chi connectivity index (χ2v) is 15.6. The molecular weight excluding hydrogens is 581 g/mol. The summed E-state index contributed by atoms with van der Waals surface area (Å²) in [6.07, 6.45) is 15.5. The third-order valence-corrected chi connectivity index (χ3v) is 13.1. The lowest BCUT2D eigenvalue weighted by Crippen LogP contribution is -2.37. The van der Waals surface area contributed by atoms with Crippen LogP contribution in [0.25, 0.3) is 0 Å². The predicted molar refractivity (Wildman–Crippen MR) is 177 cm³/mol.